The summed E-state index contributed by atoms with van der Waals surface area (Å²) in [6, 6.07) is 9.09. The monoisotopic (exact) mass is 236 g/mol. The van der Waals surface area contributed by atoms with Crippen LogP contribution in [-0.4, -0.2) is 24.2 Å². The Morgan fingerprint density at radius 3 is 2.59 bits per heavy atom. The molecule has 17 heavy (non-hydrogen) atoms. The van der Waals surface area contributed by atoms with Gasteiger partial charge in [-0.25, -0.2) is 0 Å². The van der Waals surface area contributed by atoms with E-state index in [9.17, 15) is 9.90 Å². The molecule has 0 saturated carbocycles. The van der Waals surface area contributed by atoms with Crippen molar-refractivity contribution >= 4 is 5.91 Å². The van der Waals surface area contributed by atoms with E-state index in [1.54, 1.807) is 0 Å². The van der Waals surface area contributed by atoms with Gasteiger partial charge in [0, 0.05) is 6.42 Å². The van der Waals surface area contributed by atoms with Gasteiger partial charge in [0.05, 0.1) is 12.6 Å². The molecule has 4 N–H and O–H groups in total. The maximum absolute atomic E-state index is 11.7. The summed E-state index contributed by atoms with van der Waals surface area (Å²) < 4.78 is 0. The minimum Gasteiger partial charge on any atom is -0.394 e. The van der Waals surface area contributed by atoms with Gasteiger partial charge in [-0.15, -0.1) is 0 Å². The van der Waals surface area contributed by atoms with E-state index in [-0.39, 0.29) is 24.5 Å². The molecule has 0 spiro atoms. The second-order valence-corrected chi connectivity index (χ2v) is 4.26. The summed E-state index contributed by atoms with van der Waals surface area (Å²) in [4.78, 5) is 11.7. The van der Waals surface area contributed by atoms with Gasteiger partial charge < -0.3 is 16.2 Å². The number of nitrogens with two attached hydrogens (primary N) is 1. The Morgan fingerprint density at radius 1 is 1.41 bits per heavy atom. The minimum absolute atomic E-state index is 0.0779. The average Bonchev–Trinajstić information content (AvgIpc) is 2.36. The van der Waals surface area contributed by atoms with Gasteiger partial charge in [0.25, 0.3) is 0 Å². The standard InChI is InChI=1S/C13H20N2O2/c1-10(8-14)7-13(17)15-12(9-16)11-5-3-2-4-6-11/h2-6,10,12,16H,7-9,14H2,1H3,(H,15,17). The fraction of sp³-hybridized carbons (Fsp3) is 0.462. The first kappa shape index (κ1) is 13.7. The number of carbonyl (C=O) groups is 1. The van der Waals surface area contributed by atoms with Gasteiger partial charge in [0.1, 0.15) is 0 Å². The zero-order valence-corrected chi connectivity index (χ0v) is 10.1. The van der Waals surface area contributed by atoms with Gasteiger partial charge in [-0.3, -0.25) is 4.79 Å². The first-order valence-corrected chi connectivity index (χ1v) is 5.82. The molecule has 0 heterocycles. The normalized spacial score (nSPS) is 14.1. The average molecular weight is 236 g/mol. The molecule has 0 aromatic heterocycles. The van der Waals surface area contributed by atoms with Crippen LogP contribution >= 0.6 is 0 Å². The molecule has 0 fully saturated rings. The molecule has 0 radical (unpaired) electrons. The third-order valence-electron chi connectivity index (χ3n) is 2.66. The molecule has 0 saturated heterocycles. The van der Waals surface area contributed by atoms with Crippen LogP contribution < -0.4 is 11.1 Å². The Kier molecular flexibility index (Phi) is 5.66. The Balaban J connectivity index is 2.56. The molecule has 0 aliphatic rings. The number of carbonyl (C=O) groups excluding carboxylic acids is 1. The summed E-state index contributed by atoms with van der Waals surface area (Å²) in [5, 5.41) is 12.1. The van der Waals surface area contributed by atoms with Crippen molar-refractivity contribution < 1.29 is 9.90 Å². The fourth-order valence-corrected chi connectivity index (χ4v) is 1.57. The summed E-state index contributed by atoms with van der Waals surface area (Å²) in [7, 11) is 0. The molecule has 4 heteroatoms. The Labute approximate surface area is 102 Å². The van der Waals surface area contributed by atoms with E-state index in [1.807, 2.05) is 37.3 Å². The summed E-state index contributed by atoms with van der Waals surface area (Å²) in [6.45, 7) is 2.31. The largest absolute Gasteiger partial charge is 0.394 e. The lowest BCUT2D eigenvalue weighted by Crippen LogP contribution is -2.32. The third kappa shape index (κ3) is 4.54. The van der Waals surface area contributed by atoms with Crippen LogP contribution in [0.2, 0.25) is 0 Å². The highest BCUT2D eigenvalue weighted by atomic mass is 16.3. The number of aliphatic hydroxyl groups excluding tert-OH is 1. The Bertz CT molecular complexity index is 341. The zero-order valence-electron chi connectivity index (χ0n) is 10.1. The molecule has 94 valence electrons. The predicted octanol–water partition coefficient (Wildman–Crippen LogP) is 0.821. The Morgan fingerprint density at radius 2 is 2.06 bits per heavy atom. The molecule has 1 amide bonds. The van der Waals surface area contributed by atoms with Crippen LogP contribution in [0, 0.1) is 5.92 Å². The van der Waals surface area contributed by atoms with Gasteiger partial charge in [0.15, 0.2) is 0 Å². The van der Waals surface area contributed by atoms with Crippen LogP contribution in [0.25, 0.3) is 0 Å². The number of hydrogen-bond donors (Lipinski definition) is 3. The summed E-state index contributed by atoms with van der Waals surface area (Å²) >= 11 is 0. The molecule has 1 aromatic rings. The van der Waals surface area contributed by atoms with Gasteiger partial charge in [-0.05, 0) is 18.0 Å². The summed E-state index contributed by atoms with van der Waals surface area (Å²) in [5.74, 6) is 0.0796. The maximum Gasteiger partial charge on any atom is 0.220 e. The van der Waals surface area contributed by atoms with E-state index in [0.29, 0.717) is 13.0 Å². The summed E-state index contributed by atoms with van der Waals surface area (Å²) in [5.41, 5.74) is 6.37. The number of rotatable bonds is 6. The van der Waals surface area contributed by atoms with Gasteiger partial charge >= 0.3 is 0 Å². The van der Waals surface area contributed by atoms with Crippen molar-refractivity contribution in [1.82, 2.24) is 5.32 Å². The van der Waals surface area contributed by atoms with E-state index < -0.39 is 0 Å². The molecule has 0 aliphatic carbocycles. The molecular weight excluding hydrogens is 216 g/mol. The first-order valence-electron chi connectivity index (χ1n) is 5.82. The van der Waals surface area contributed by atoms with Gasteiger partial charge in [0.2, 0.25) is 5.91 Å². The highest BCUT2D eigenvalue weighted by molar-refractivity contribution is 5.76. The number of nitrogens with one attached hydrogen (secondary N) is 1. The number of hydrogen-bond acceptors (Lipinski definition) is 3. The molecule has 2 atom stereocenters. The lowest BCUT2D eigenvalue weighted by atomic mass is 10.1. The second kappa shape index (κ2) is 7.04. The minimum atomic E-state index is -0.339. The number of amides is 1. The van der Waals surface area contributed by atoms with Gasteiger partial charge in [-0.1, -0.05) is 37.3 Å². The lowest BCUT2D eigenvalue weighted by molar-refractivity contribution is -0.122. The third-order valence-corrected chi connectivity index (χ3v) is 2.66. The maximum atomic E-state index is 11.7. The van der Waals surface area contributed by atoms with E-state index in [2.05, 4.69) is 5.32 Å². The van der Waals surface area contributed by atoms with Crippen molar-refractivity contribution in [1.29, 1.82) is 0 Å². The van der Waals surface area contributed by atoms with Gasteiger partial charge in [-0.2, -0.15) is 0 Å². The van der Waals surface area contributed by atoms with E-state index in [1.165, 1.54) is 0 Å². The number of benzene rings is 1. The van der Waals surface area contributed by atoms with Crippen LogP contribution in [0.5, 0.6) is 0 Å². The van der Waals surface area contributed by atoms with Crippen LogP contribution in [0.4, 0.5) is 0 Å². The second-order valence-electron chi connectivity index (χ2n) is 4.26. The van der Waals surface area contributed by atoms with Crippen LogP contribution in [0.15, 0.2) is 30.3 Å². The lowest BCUT2D eigenvalue weighted by Gasteiger charge is -2.17. The summed E-state index contributed by atoms with van der Waals surface area (Å²) in [6.07, 6.45) is 0.389. The molecule has 2 unspecified atom stereocenters. The molecular formula is C13H20N2O2. The smallest absolute Gasteiger partial charge is 0.220 e. The fourth-order valence-electron chi connectivity index (χ4n) is 1.57. The van der Waals surface area contributed by atoms with Crippen molar-refractivity contribution in [3.63, 3.8) is 0 Å². The van der Waals surface area contributed by atoms with E-state index in [0.717, 1.165) is 5.56 Å². The number of aliphatic hydroxyl groups is 1. The topological polar surface area (TPSA) is 75.4 Å². The van der Waals surface area contributed by atoms with Crippen molar-refractivity contribution in [2.24, 2.45) is 11.7 Å². The highest BCUT2D eigenvalue weighted by Gasteiger charge is 2.14. The van der Waals surface area contributed by atoms with Crippen molar-refractivity contribution in [2.75, 3.05) is 13.2 Å². The SMILES string of the molecule is CC(CN)CC(=O)NC(CO)c1ccccc1. The first-order chi connectivity index (χ1) is 8.17. The van der Waals surface area contributed by atoms with Crippen LogP contribution in [0.3, 0.4) is 0 Å². The molecule has 4 nitrogen and oxygen atoms in total. The van der Waals surface area contributed by atoms with Crippen molar-refractivity contribution in [3.05, 3.63) is 35.9 Å². The molecule has 0 aliphatic heterocycles. The Hall–Kier alpha value is -1.39. The zero-order chi connectivity index (χ0) is 12.7. The molecule has 0 bridgehead atoms. The van der Waals surface area contributed by atoms with Crippen LogP contribution in [0.1, 0.15) is 24.9 Å². The van der Waals surface area contributed by atoms with Crippen molar-refractivity contribution in [2.45, 2.75) is 19.4 Å². The predicted molar refractivity (Wildman–Crippen MR) is 67.2 cm³/mol. The quantitative estimate of drug-likeness (QED) is 0.684. The molecule has 1 rings (SSSR count). The highest BCUT2D eigenvalue weighted by Crippen LogP contribution is 2.12. The van der Waals surface area contributed by atoms with E-state index in [4.69, 9.17) is 5.73 Å². The van der Waals surface area contributed by atoms with E-state index >= 15 is 0 Å². The van der Waals surface area contributed by atoms with Crippen molar-refractivity contribution in [3.8, 4) is 0 Å². The van der Waals surface area contributed by atoms with Crippen LogP contribution in [-0.2, 0) is 4.79 Å². The molecule has 1 aromatic carbocycles.